The Kier molecular flexibility index (Phi) is 4.15. The van der Waals surface area contributed by atoms with Gasteiger partial charge in [0.15, 0.2) is 5.78 Å². The molecule has 0 spiro atoms. The summed E-state index contributed by atoms with van der Waals surface area (Å²) in [5.74, 6) is -0.825. The van der Waals surface area contributed by atoms with E-state index < -0.39 is 12.0 Å². The summed E-state index contributed by atoms with van der Waals surface area (Å²) in [5.41, 5.74) is 2.53. The van der Waals surface area contributed by atoms with Crippen molar-refractivity contribution in [2.24, 2.45) is 5.92 Å². The minimum Gasteiger partial charge on any atom is -0.457 e. The van der Waals surface area contributed by atoms with Gasteiger partial charge in [-0.25, -0.2) is 0 Å². The van der Waals surface area contributed by atoms with Crippen molar-refractivity contribution >= 4 is 17.4 Å². The zero-order valence-electron chi connectivity index (χ0n) is 13.2. The Labute approximate surface area is 135 Å². The summed E-state index contributed by atoms with van der Waals surface area (Å²) in [5, 5.41) is 0. The molecule has 23 heavy (non-hydrogen) atoms. The summed E-state index contributed by atoms with van der Waals surface area (Å²) in [6, 6.07) is 16.8. The first-order valence-corrected chi connectivity index (χ1v) is 7.62. The highest BCUT2D eigenvalue weighted by molar-refractivity contribution is 6.01. The Morgan fingerprint density at radius 2 is 1.70 bits per heavy atom. The molecule has 0 amide bonds. The maximum Gasteiger partial charge on any atom is 0.307 e. The van der Waals surface area contributed by atoms with Gasteiger partial charge in [0.05, 0.1) is 12.3 Å². The first kappa shape index (κ1) is 15.3. The van der Waals surface area contributed by atoms with Gasteiger partial charge >= 0.3 is 5.97 Å². The molecule has 0 unspecified atom stereocenters. The lowest BCUT2D eigenvalue weighted by Gasteiger charge is -2.19. The highest BCUT2D eigenvalue weighted by atomic mass is 16.6. The number of ketones is 1. The van der Waals surface area contributed by atoms with Crippen LogP contribution in [-0.4, -0.2) is 25.8 Å². The van der Waals surface area contributed by atoms with Gasteiger partial charge in [-0.1, -0.05) is 42.5 Å². The number of Topliss-reactive ketones (excluding diaryl/α,β-unsaturated/α-hetero) is 1. The molecule has 0 radical (unpaired) electrons. The largest absolute Gasteiger partial charge is 0.457 e. The maximum absolute atomic E-state index is 12.7. The summed E-state index contributed by atoms with van der Waals surface area (Å²) >= 11 is 0. The number of carbonyl (C=O) groups is 2. The molecule has 4 nitrogen and oxygen atoms in total. The molecule has 1 aliphatic heterocycles. The van der Waals surface area contributed by atoms with E-state index >= 15 is 0 Å². The zero-order valence-corrected chi connectivity index (χ0v) is 13.2. The van der Waals surface area contributed by atoms with Gasteiger partial charge in [-0.2, -0.15) is 0 Å². The lowest BCUT2D eigenvalue weighted by Crippen LogP contribution is -2.18. The van der Waals surface area contributed by atoms with E-state index in [9.17, 15) is 9.59 Å². The highest BCUT2D eigenvalue weighted by Crippen LogP contribution is 2.37. The number of nitrogens with zero attached hydrogens (tertiary/aromatic N) is 1. The second-order valence-corrected chi connectivity index (χ2v) is 5.94. The third kappa shape index (κ3) is 3.11. The molecule has 4 heteroatoms. The van der Waals surface area contributed by atoms with Crippen molar-refractivity contribution in [3.63, 3.8) is 0 Å². The number of anilines is 1. The third-order valence-corrected chi connectivity index (χ3v) is 4.14. The molecule has 0 N–H and O–H groups in total. The lowest BCUT2D eigenvalue weighted by atomic mass is 9.88. The number of ether oxygens (including phenoxy) is 1. The molecular formula is C19H19NO3. The van der Waals surface area contributed by atoms with Crippen LogP contribution < -0.4 is 4.90 Å². The van der Waals surface area contributed by atoms with E-state index in [1.165, 1.54) is 0 Å². The van der Waals surface area contributed by atoms with Crippen molar-refractivity contribution in [2.75, 3.05) is 19.0 Å². The SMILES string of the molecule is CN(C)c1ccc([C@H]2OC(=O)C[C@@H]2C(=O)c2ccccc2)cc1. The van der Waals surface area contributed by atoms with Gasteiger partial charge in [-0.15, -0.1) is 0 Å². The van der Waals surface area contributed by atoms with Gasteiger partial charge in [-0.3, -0.25) is 9.59 Å². The Balaban J connectivity index is 1.88. The van der Waals surface area contributed by atoms with Crippen molar-refractivity contribution in [3.05, 3.63) is 65.7 Å². The fraction of sp³-hybridized carbons (Fsp3) is 0.263. The number of benzene rings is 2. The first-order valence-electron chi connectivity index (χ1n) is 7.62. The minimum absolute atomic E-state index is 0.0434. The predicted octanol–water partition coefficient (Wildman–Crippen LogP) is 3.24. The van der Waals surface area contributed by atoms with Gasteiger partial charge in [0.1, 0.15) is 6.10 Å². The lowest BCUT2D eigenvalue weighted by molar-refractivity contribution is -0.141. The van der Waals surface area contributed by atoms with Gasteiger partial charge in [-0.05, 0) is 17.7 Å². The summed E-state index contributed by atoms with van der Waals surface area (Å²) in [4.78, 5) is 26.5. The molecule has 0 aliphatic carbocycles. The van der Waals surface area contributed by atoms with E-state index in [0.717, 1.165) is 11.3 Å². The van der Waals surface area contributed by atoms with Crippen molar-refractivity contribution in [2.45, 2.75) is 12.5 Å². The summed E-state index contributed by atoms with van der Waals surface area (Å²) < 4.78 is 5.43. The Morgan fingerprint density at radius 3 is 2.30 bits per heavy atom. The second kappa shape index (κ2) is 6.24. The first-order chi connectivity index (χ1) is 11.1. The van der Waals surface area contributed by atoms with Crippen molar-refractivity contribution < 1.29 is 14.3 Å². The molecule has 1 saturated heterocycles. The Bertz CT molecular complexity index is 707. The molecule has 118 valence electrons. The quantitative estimate of drug-likeness (QED) is 0.642. The van der Waals surface area contributed by atoms with Crippen molar-refractivity contribution in [1.29, 1.82) is 0 Å². The Morgan fingerprint density at radius 1 is 1.04 bits per heavy atom. The standard InChI is InChI=1S/C19H19NO3/c1-20(2)15-10-8-14(9-11-15)19-16(12-17(21)23-19)18(22)13-6-4-3-5-7-13/h3-11,16,19H,12H2,1-2H3/t16-,19-/m1/s1. The monoisotopic (exact) mass is 309 g/mol. The number of carbonyl (C=O) groups excluding carboxylic acids is 2. The van der Waals surface area contributed by atoms with E-state index in [1.807, 2.05) is 61.5 Å². The van der Waals surface area contributed by atoms with Crippen LogP contribution in [0.1, 0.15) is 28.4 Å². The van der Waals surface area contributed by atoms with Crippen LogP contribution in [-0.2, 0) is 9.53 Å². The molecule has 2 aromatic carbocycles. The van der Waals surface area contributed by atoms with Crippen LogP contribution in [0.3, 0.4) is 0 Å². The fourth-order valence-corrected chi connectivity index (χ4v) is 2.87. The maximum atomic E-state index is 12.7. The van der Waals surface area contributed by atoms with E-state index in [2.05, 4.69) is 0 Å². The van der Waals surface area contributed by atoms with Crippen molar-refractivity contribution in [1.82, 2.24) is 0 Å². The van der Waals surface area contributed by atoms with E-state index in [0.29, 0.717) is 5.56 Å². The highest BCUT2D eigenvalue weighted by Gasteiger charge is 2.40. The van der Waals surface area contributed by atoms with Crippen LogP contribution in [0.2, 0.25) is 0 Å². The number of cyclic esters (lactones) is 1. The molecule has 1 heterocycles. The summed E-state index contributed by atoms with van der Waals surface area (Å²) in [6.45, 7) is 0. The van der Waals surface area contributed by atoms with Crippen LogP contribution in [0.4, 0.5) is 5.69 Å². The Hall–Kier alpha value is -2.62. The van der Waals surface area contributed by atoms with Crippen LogP contribution in [0, 0.1) is 5.92 Å². The number of rotatable bonds is 4. The minimum atomic E-state index is -0.508. The van der Waals surface area contributed by atoms with Gasteiger partial charge in [0.25, 0.3) is 0 Å². The topological polar surface area (TPSA) is 46.6 Å². The second-order valence-electron chi connectivity index (χ2n) is 5.94. The molecule has 1 fully saturated rings. The van der Waals surface area contributed by atoms with Crippen LogP contribution >= 0.6 is 0 Å². The van der Waals surface area contributed by atoms with Crippen LogP contribution in [0.25, 0.3) is 0 Å². The van der Waals surface area contributed by atoms with Gasteiger partial charge in [0, 0.05) is 25.3 Å². The molecule has 0 aromatic heterocycles. The third-order valence-electron chi connectivity index (χ3n) is 4.14. The molecule has 2 atom stereocenters. The van der Waals surface area contributed by atoms with Gasteiger partial charge in [0.2, 0.25) is 0 Å². The molecular weight excluding hydrogens is 290 g/mol. The molecule has 1 aliphatic rings. The van der Waals surface area contributed by atoms with Crippen LogP contribution in [0.5, 0.6) is 0 Å². The molecule has 0 saturated carbocycles. The summed E-state index contributed by atoms with van der Waals surface area (Å²) in [7, 11) is 3.93. The van der Waals surface area contributed by atoms with Crippen molar-refractivity contribution in [3.8, 4) is 0 Å². The fourth-order valence-electron chi connectivity index (χ4n) is 2.87. The molecule has 2 aromatic rings. The smallest absolute Gasteiger partial charge is 0.307 e. The normalized spacial score (nSPS) is 20.2. The molecule has 3 rings (SSSR count). The van der Waals surface area contributed by atoms with E-state index in [4.69, 9.17) is 4.74 Å². The predicted molar refractivity (Wildman–Crippen MR) is 88.5 cm³/mol. The number of hydrogen-bond donors (Lipinski definition) is 0. The average Bonchev–Trinajstić information content (AvgIpc) is 2.97. The van der Waals surface area contributed by atoms with Crippen LogP contribution in [0.15, 0.2) is 54.6 Å². The van der Waals surface area contributed by atoms with Gasteiger partial charge < -0.3 is 9.64 Å². The zero-order chi connectivity index (χ0) is 16.4. The summed E-state index contributed by atoms with van der Waals surface area (Å²) in [6.07, 6.45) is -0.375. The number of hydrogen-bond acceptors (Lipinski definition) is 4. The average molecular weight is 309 g/mol. The van der Waals surface area contributed by atoms with E-state index in [1.54, 1.807) is 12.1 Å². The molecule has 0 bridgehead atoms. The number of esters is 1. The van der Waals surface area contributed by atoms with E-state index in [-0.39, 0.29) is 18.2 Å².